The van der Waals surface area contributed by atoms with Gasteiger partial charge in [0, 0.05) is 34.7 Å². The normalized spacial score (nSPS) is 10.8. The third kappa shape index (κ3) is 2.44. The number of pyridine rings is 1. The van der Waals surface area contributed by atoms with Crippen molar-refractivity contribution in [1.29, 1.82) is 0 Å². The van der Waals surface area contributed by atoms with E-state index in [1.165, 1.54) is 11.4 Å². The molecule has 0 aliphatic rings. The molecule has 3 rings (SSSR count). The van der Waals surface area contributed by atoms with Crippen molar-refractivity contribution >= 4 is 11.3 Å². The monoisotopic (exact) mass is 269 g/mol. The first-order valence-electron chi connectivity index (χ1n) is 6.21. The van der Waals surface area contributed by atoms with Crippen molar-refractivity contribution in [3.05, 3.63) is 59.1 Å². The zero-order valence-electron chi connectivity index (χ0n) is 11.0. The van der Waals surface area contributed by atoms with Crippen molar-refractivity contribution in [1.82, 2.24) is 14.5 Å². The van der Waals surface area contributed by atoms with Gasteiger partial charge in [-0.3, -0.25) is 4.98 Å². The second kappa shape index (κ2) is 4.97. The number of nitrogens with zero attached hydrogens (tertiary/aromatic N) is 3. The van der Waals surface area contributed by atoms with Gasteiger partial charge >= 0.3 is 0 Å². The lowest BCUT2D eigenvalue weighted by Crippen LogP contribution is -2.03. The van der Waals surface area contributed by atoms with E-state index in [0.29, 0.717) is 0 Å². The molecule has 0 aliphatic heterocycles. The van der Waals surface area contributed by atoms with Gasteiger partial charge in [0.1, 0.15) is 5.01 Å². The Balaban J connectivity index is 1.87. The molecule has 0 saturated heterocycles. The lowest BCUT2D eigenvalue weighted by atomic mass is 10.3. The summed E-state index contributed by atoms with van der Waals surface area (Å²) in [5.74, 6) is 0. The van der Waals surface area contributed by atoms with Crippen LogP contribution in [0.5, 0.6) is 0 Å². The van der Waals surface area contributed by atoms with Crippen LogP contribution < -0.4 is 0 Å². The summed E-state index contributed by atoms with van der Waals surface area (Å²) in [6.45, 7) is 5.10. The highest BCUT2D eigenvalue weighted by molar-refractivity contribution is 7.13. The third-order valence-electron chi connectivity index (χ3n) is 3.22. The molecular weight excluding hydrogens is 254 g/mol. The molecule has 0 saturated carbocycles. The highest BCUT2D eigenvalue weighted by Crippen LogP contribution is 2.23. The largest absolute Gasteiger partial charge is 0.343 e. The molecule has 0 unspecified atom stereocenters. The summed E-state index contributed by atoms with van der Waals surface area (Å²) in [6.07, 6.45) is 3.60. The van der Waals surface area contributed by atoms with E-state index >= 15 is 0 Å². The van der Waals surface area contributed by atoms with E-state index in [4.69, 9.17) is 4.98 Å². The van der Waals surface area contributed by atoms with Crippen molar-refractivity contribution in [3.8, 4) is 10.6 Å². The number of rotatable bonds is 3. The van der Waals surface area contributed by atoms with Gasteiger partial charge in [0.25, 0.3) is 0 Å². The summed E-state index contributed by atoms with van der Waals surface area (Å²) in [4.78, 5) is 8.74. The molecule has 0 amide bonds. The molecule has 19 heavy (non-hydrogen) atoms. The average Bonchev–Trinajstić information content (AvgIpc) is 3.02. The molecule has 3 aromatic rings. The SMILES string of the molecule is Cc1ccc(C)n1Cc1csc(-c2ccncc2)n1. The highest BCUT2D eigenvalue weighted by Gasteiger charge is 2.07. The fourth-order valence-electron chi connectivity index (χ4n) is 2.12. The van der Waals surface area contributed by atoms with Crippen LogP contribution in [-0.4, -0.2) is 14.5 Å². The Morgan fingerprint density at radius 2 is 1.74 bits per heavy atom. The van der Waals surface area contributed by atoms with Crippen molar-refractivity contribution in [2.75, 3.05) is 0 Å². The fourth-order valence-corrected chi connectivity index (χ4v) is 2.93. The van der Waals surface area contributed by atoms with Crippen LogP contribution in [0.3, 0.4) is 0 Å². The van der Waals surface area contributed by atoms with Crippen LogP contribution in [0.1, 0.15) is 17.1 Å². The van der Waals surface area contributed by atoms with E-state index < -0.39 is 0 Å². The standard InChI is InChI=1S/C15H15N3S/c1-11-3-4-12(2)18(11)9-14-10-19-15(17-14)13-5-7-16-8-6-13/h3-8,10H,9H2,1-2H3. The van der Waals surface area contributed by atoms with Crippen LogP contribution >= 0.6 is 11.3 Å². The van der Waals surface area contributed by atoms with Crippen LogP contribution in [0, 0.1) is 13.8 Å². The Kier molecular flexibility index (Phi) is 3.17. The van der Waals surface area contributed by atoms with Crippen LogP contribution in [-0.2, 0) is 6.54 Å². The molecule has 3 heterocycles. The van der Waals surface area contributed by atoms with Crippen molar-refractivity contribution in [2.24, 2.45) is 0 Å². The van der Waals surface area contributed by atoms with Gasteiger partial charge in [0.05, 0.1) is 12.2 Å². The number of hydrogen-bond acceptors (Lipinski definition) is 3. The minimum Gasteiger partial charge on any atom is -0.343 e. The van der Waals surface area contributed by atoms with Gasteiger partial charge in [-0.2, -0.15) is 0 Å². The fraction of sp³-hybridized carbons (Fsp3) is 0.200. The van der Waals surface area contributed by atoms with Crippen LogP contribution in [0.4, 0.5) is 0 Å². The van der Waals surface area contributed by atoms with Gasteiger partial charge in [-0.15, -0.1) is 11.3 Å². The van der Waals surface area contributed by atoms with Crippen LogP contribution in [0.25, 0.3) is 10.6 Å². The van der Waals surface area contributed by atoms with E-state index in [0.717, 1.165) is 22.8 Å². The van der Waals surface area contributed by atoms with Crippen molar-refractivity contribution < 1.29 is 0 Å². The first kappa shape index (κ1) is 12.1. The topological polar surface area (TPSA) is 30.7 Å². The maximum atomic E-state index is 4.71. The van der Waals surface area contributed by atoms with Gasteiger partial charge < -0.3 is 4.57 Å². The van der Waals surface area contributed by atoms with E-state index in [9.17, 15) is 0 Å². The molecule has 0 N–H and O–H groups in total. The molecular formula is C15H15N3S. The van der Waals surface area contributed by atoms with Gasteiger partial charge in [0.2, 0.25) is 0 Å². The zero-order valence-corrected chi connectivity index (χ0v) is 11.8. The predicted octanol–water partition coefficient (Wildman–Crippen LogP) is 3.67. The summed E-state index contributed by atoms with van der Waals surface area (Å²) < 4.78 is 2.28. The number of hydrogen-bond donors (Lipinski definition) is 0. The first-order chi connectivity index (χ1) is 9.24. The molecule has 0 atom stereocenters. The minimum absolute atomic E-state index is 0.840. The first-order valence-corrected chi connectivity index (χ1v) is 7.09. The molecule has 3 aromatic heterocycles. The smallest absolute Gasteiger partial charge is 0.123 e. The lowest BCUT2D eigenvalue weighted by molar-refractivity contribution is 0.735. The summed E-state index contributed by atoms with van der Waals surface area (Å²) in [7, 11) is 0. The molecule has 0 radical (unpaired) electrons. The Hall–Kier alpha value is -1.94. The van der Waals surface area contributed by atoms with Gasteiger partial charge in [-0.05, 0) is 38.1 Å². The van der Waals surface area contributed by atoms with Crippen molar-refractivity contribution in [3.63, 3.8) is 0 Å². The second-order valence-corrected chi connectivity index (χ2v) is 5.44. The zero-order chi connectivity index (χ0) is 13.2. The maximum absolute atomic E-state index is 4.71. The Morgan fingerprint density at radius 3 is 2.42 bits per heavy atom. The van der Waals surface area contributed by atoms with Crippen LogP contribution in [0.15, 0.2) is 42.0 Å². The predicted molar refractivity (Wildman–Crippen MR) is 78.4 cm³/mol. The summed E-state index contributed by atoms with van der Waals surface area (Å²) in [5.41, 5.74) is 4.79. The molecule has 0 bridgehead atoms. The summed E-state index contributed by atoms with van der Waals surface area (Å²) in [6, 6.07) is 8.28. The van der Waals surface area contributed by atoms with E-state index in [1.807, 2.05) is 12.1 Å². The van der Waals surface area contributed by atoms with Crippen LogP contribution in [0.2, 0.25) is 0 Å². The molecule has 0 aromatic carbocycles. The summed E-state index contributed by atoms with van der Waals surface area (Å²) >= 11 is 1.68. The second-order valence-electron chi connectivity index (χ2n) is 4.58. The van der Waals surface area contributed by atoms with Crippen molar-refractivity contribution in [2.45, 2.75) is 20.4 Å². The Bertz CT molecular complexity index is 663. The van der Waals surface area contributed by atoms with Gasteiger partial charge in [-0.25, -0.2) is 4.98 Å². The molecule has 4 heteroatoms. The molecule has 0 fully saturated rings. The number of aryl methyl sites for hydroxylation is 2. The van der Waals surface area contributed by atoms with E-state index in [1.54, 1.807) is 23.7 Å². The number of thiazole rings is 1. The number of aromatic nitrogens is 3. The maximum Gasteiger partial charge on any atom is 0.123 e. The Labute approximate surface area is 116 Å². The average molecular weight is 269 g/mol. The van der Waals surface area contributed by atoms with Gasteiger partial charge in [-0.1, -0.05) is 0 Å². The third-order valence-corrected chi connectivity index (χ3v) is 4.16. The molecule has 0 aliphatic carbocycles. The molecule has 0 spiro atoms. The molecule has 3 nitrogen and oxygen atoms in total. The minimum atomic E-state index is 0.840. The van der Waals surface area contributed by atoms with E-state index in [2.05, 4.69) is 40.9 Å². The van der Waals surface area contributed by atoms with Gasteiger partial charge in [0.15, 0.2) is 0 Å². The Morgan fingerprint density at radius 1 is 1.05 bits per heavy atom. The quantitative estimate of drug-likeness (QED) is 0.726. The highest BCUT2D eigenvalue weighted by atomic mass is 32.1. The summed E-state index contributed by atoms with van der Waals surface area (Å²) in [5, 5.41) is 3.19. The lowest BCUT2D eigenvalue weighted by Gasteiger charge is -2.06. The van der Waals surface area contributed by atoms with E-state index in [-0.39, 0.29) is 0 Å². The molecule has 96 valence electrons.